The van der Waals surface area contributed by atoms with Gasteiger partial charge in [-0.25, -0.2) is 0 Å². The highest BCUT2D eigenvalue weighted by Crippen LogP contribution is 2.21. The number of aliphatic hydroxyl groups excluding tert-OH is 1. The lowest BCUT2D eigenvalue weighted by atomic mass is 10.2. The number of halogens is 3. The van der Waals surface area contributed by atoms with Gasteiger partial charge in [0.25, 0.3) is 5.91 Å². The fraction of sp³-hybridized carbons (Fsp3) is 0.562. The van der Waals surface area contributed by atoms with Crippen molar-refractivity contribution >= 4 is 5.91 Å². The average molecular weight is 346 g/mol. The number of ether oxygens (including phenoxy) is 1. The zero-order valence-electron chi connectivity index (χ0n) is 13.4. The molecule has 0 spiro atoms. The first kappa shape index (κ1) is 18.5. The van der Waals surface area contributed by atoms with Crippen molar-refractivity contribution in [3.05, 3.63) is 29.8 Å². The normalized spacial score (nSPS) is 18.1. The van der Waals surface area contributed by atoms with Gasteiger partial charge in [-0.15, -0.1) is 0 Å². The molecule has 1 heterocycles. The molecule has 24 heavy (non-hydrogen) atoms. The van der Waals surface area contributed by atoms with Crippen molar-refractivity contribution in [2.24, 2.45) is 0 Å². The largest absolute Gasteiger partial charge is 0.497 e. The first-order chi connectivity index (χ1) is 11.3. The number of hydrogen-bond acceptors (Lipinski definition) is 4. The summed E-state index contributed by atoms with van der Waals surface area (Å²) in [7, 11) is 1.51. The number of carbonyl (C=O) groups is 1. The number of carbonyl (C=O) groups excluding carboxylic acids is 1. The lowest BCUT2D eigenvalue weighted by Crippen LogP contribution is -2.42. The van der Waals surface area contributed by atoms with E-state index in [1.807, 2.05) is 0 Å². The van der Waals surface area contributed by atoms with Gasteiger partial charge in [0.05, 0.1) is 7.11 Å². The van der Waals surface area contributed by atoms with E-state index in [4.69, 9.17) is 4.74 Å². The molecule has 1 atom stereocenters. The number of aliphatic hydroxyl groups is 1. The van der Waals surface area contributed by atoms with Crippen molar-refractivity contribution in [1.29, 1.82) is 0 Å². The van der Waals surface area contributed by atoms with Crippen LogP contribution in [0.2, 0.25) is 0 Å². The molecule has 8 heteroatoms. The molecule has 0 radical (unpaired) electrons. The molecule has 1 unspecified atom stereocenters. The van der Waals surface area contributed by atoms with Crippen LogP contribution in [-0.2, 0) is 0 Å². The maximum atomic E-state index is 12.5. The van der Waals surface area contributed by atoms with Gasteiger partial charge in [-0.2, -0.15) is 13.2 Å². The number of rotatable bonds is 4. The molecular formula is C16H21F3N2O3. The second kappa shape index (κ2) is 7.85. The minimum absolute atomic E-state index is 0.174. The van der Waals surface area contributed by atoms with Crippen LogP contribution in [0.4, 0.5) is 13.2 Å². The number of alkyl halides is 3. The van der Waals surface area contributed by atoms with Crippen molar-refractivity contribution in [3.63, 3.8) is 0 Å². The molecule has 0 aliphatic carbocycles. The van der Waals surface area contributed by atoms with E-state index in [1.165, 1.54) is 12.0 Å². The van der Waals surface area contributed by atoms with E-state index in [1.54, 1.807) is 29.2 Å². The van der Waals surface area contributed by atoms with E-state index in [0.29, 0.717) is 43.9 Å². The van der Waals surface area contributed by atoms with Crippen LogP contribution in [0.1, 0.15) is 16.8 Å². The van der Waals surface area contributed by atoms with E-state index in [0.717, 1.165) is 0 Å². The van der Waals surface area contributed by atoms with Crippen LogP contribution < -0.4 is 4.74 Å². The Hall–Kier alpha value is -1.80. The van der Waals surface area contributed by atoms with Gasteiger partial charge < -0.3 is 14.7 Å². The van der Waals surface area contributed by atoms with Crippen LogP contribution in [0.5, 0.6) is 5.75 Å². The van der Waals surface area contributed by atoms with Gasteiger partial charge in [0.1, 0.15) is 5.75 Å². The first-order valence-corrected chi connectivity index (χ1v) is 7.71. The summed E-state index contributed by atoms with van der Waals surface area (Å²) in [5, 5.41) is 9.18. The van der Waals surface area contributed by atoms with Crippen LogP contribution in [0.25, 0.3) is 0 Å². The molecule has 1 N–H and O–H groups in total. The Balaban J connectivity index is 1.96. The Morgan fingerprint density at radius 2 is 2.04 bits per heavy atom. The van der Waals surface area contributed by atoms with Crippen molar-refractivity contribution < 1.29 is 27.8 Å². The Bertz CT molecular complexity index is 566. The fourth-order valence-corrected chi connectivity index (χ4v) is 2.64. The summed E-state index contributed by atoms with van der Waals surface area (Å²) in [5.74, 6) is 0.401. The molecule has 0 saturated carbocycles. The van der Waals surface area contributed by atoms with Gasteiger partial charge in [-0.1, -0.05) is 6.07 Å². The zero-order valence-corrected chi connectivity index (χ0v) is 13.4. The number of hydrogen-bond donors (Lipinski definition) is 1. The highest BCUT2D eigenvalue weighted by Gasteiger charge is 2.39. The summed E-state index contributed by atoms with van der Waals surface area (Å²) >= 11 is 0. The molecular weight excluding hydrogens is 325 g/mol. The number of methoxy groups -OCH3 is 1. The third-order valence-electron chi connectivity index (χ3n) is 4.00. The molecule has 1 aliphatic rings. The minimum atomic E-state index is -4.62. The number of nitrogens with zero attached hydrogens (tertiary/aromatic N) is 2. The van der Waals surface area contributed by atoms with Gasteiger partial charge in [0, 0.05) is 38.3 Å². The SMILES string of the molecule is COc1cccc(C(=O)N2CCCN(CC(O)C(F)(F)F)CC2)c1. The molecule has 1 amide bonds. The molecule has 0 aromatic heterocycles. The third kappa shape index (κ3) is 4.85. The van der Waals surface area contributed by atoms with E-state index >= 15 is 0 Å². The third-order valence-corrected chi connectivity index (χ3v) is 4.00. The number of amides is 1. The van der Waals surface area contributed by atoms with Crippen LogP contribution >= 0.6 is 0 Å². The summed E-state index contributed by atoms with van der Waals surface area (Å²) in [4.78, 5) is 15.7. The lowest BCUT2D eigenvalue weighted by Gasteiger charge is -2.25. The first-order valence-electron chi connectivity index (χ1n) is 7.71. The van der Waals surface area contributed by atoms with Crippen LogP contribution in [0, 0.1) is 0 Å². The summed E-state index contributed by atoms with van der Waals surface area (Å²) in [6.45, 7) is 1.03. The Kier molecular flexibility index (Phi) is 6.06. The van der Waals surface area contributed by atoms with E-state index in [9.17, 15) is 23.1 Å². The predicted molar refractivity (Wildman–Crippen MR) is 82.0 cm³/mol. The minimum Gasteiger partial charge on any atom is -0.497 e. The van der Waals surface area contributed by atoms with E-state index in [-0.39, 0.29) is 5.91 Å². The van der Waals surface area contributed by atoms with Crippen LogP contribution in [-0.4, -0.2) is 72.9 Å². The van der Waals surface area contributed by atoms with Gasteiger partial charge >= 0.3 is 6.18 Å². The topological polar surface area (TPSA) is 53.0 Å². The second-order valence-electron chi connectivity index (χ2n) is 5.74. The predicted octanol–water partition coefficient (Wildman–Crippen LogP) is 1.77. The molecule has 1 saturated heterocycles. The zero-order chi connectivity index (χ0) is 17.7. The molecule has 0 bridgehead atoms. The van der Waals surface area contributed by atoms with E-state index in [2.05, 4.69) is 0 Å². The lowest BCUT2D eigenvalue weighted by molar-refractivity contribution is -0.208. The Morgan fingerprint density at radius 3 is 2.71 bits per heavy atom. The molecule has 1 aliphatic heterocycles. The summed E-state index contributed by atoms with van der Waals surface area (Å²) in [6.07, 6.45) is -6.43. The summed E-state index contributed by atoms with van der Waals surface area (Å²) in [5.41, 5.74) is 0.484. The monoisotopic (exact) mass is 346 g/mol. The van der Waals surface area contributed by atoms with E-state index < -0.39 is 18.8 Å². The van der Waals surface area contributed by atoms with Crippen molar-refractivity contribution in [3.8, 4) is 5.75 Å². The Labute approximate surface area is 138 Å². The summed E-state index contributed by atoms with van der Waals surface area (Å²) in [6, 6.07) is 6.77. The molecule has 1 aromatic carbocycles. The fourth-order valence-electron chi connectivity index (χ4n) is 2.64. The van der Waals surface area contributed by atoms with Crippen LogP contribution in [0.3, 0.4) is 0 Å². The highest BCUT2D eigenvalue weighted by atomic mass is 19.4. The highest BCUT2D eigenvalue weighted by molar-refractivity contribution is 5.94. The molecule has 1 fully saturated rings. The maximum Gasteiger partial charge on any atom is 0.415 e. The van der Waals surface area contributed by atoms with Gasteiger partial charge in [0.15, 0.2) is 6.10 Å². The molecule has 1 aromatic rings. The summed E-state index contributed by atoms with van der Waals surface area (Å²) < 4.78 is 42.4. The Morgan fingerprint density at radius 1 is 1.29 bits per heavy atom. The van der Waals surface area contributed by atoms with Gasteiger partial charge in [0.2, 0.25) is 0 Å². The van der Waals surface area contributed by atoms with Crippen molar-refractivity contribution in [2.75, 3.05) is 39.8 Å². The quantitative estimate of drug-likeness (QED) is 0.903. The second-order valence-corrected chi connectivity index (χ2v) is 5.74. The van der Waals surface area contributed by atoms with Crippen molar-refractivity contribution in [1.82, 2.24) is 9.80 Å². The number of benzene rings is 1. The molecule has 134 valence electrons. The van der Waals surface area contributed by atoms with Crippen molar-refractivity contribution in [2.45, 2.75) is 18.7 Å². The maximum absolute atomic E-state index is 12.5. The number of β-amino-alcohol motifs (C(OH)–C–C–N with tert-alkyl or cyclic N) is 1. The molecule has 5 nitrogen and oxygen atoms in total. The smallest absolute Gasteiger partial charge is 0.415 e. The van der Waals surface area contributed by atoms with Gasteiger partial charge in [-0.3, -0.25) is 9.69 Å². The van der Waals surface area contributed by atoms with Crippen LogP contribution in [0.15, 0.2) is 24.3 Å². The average Bonchev–Trinajstić information content (AvgIpc) is 2.79. The molecule has 2 rings (SSSR count). The van der Waals surface area contributed by atoms with Gasteiger partial charge in [-0.05, 0) is 24.6 Å². The standard InChI is InChI=1S/C16H21F3N2O3/c1-24-13-5-2-4-12(10-13)15(23)21-7-3-6-20(8-9-21)11-14(22)16(17,18)19/h2,4-5,10,14,22H,3,6-9,11H2,1H3.